The molecule has 1 saturated heterocycles. The number of aliphatic carboxylic acids is 1. The highest BCUT2D eigenvalue weighted by atomic mass is 19.1. The summed E-state index contributed by atoms with van der Waals surface area (Å²) in [7, 11) is 0. The van der Waals surface area contributed by atoms with E-state index in [9.17, 15) is 14.0 Å². The van der Waals surface area contributed by atoms with E-state index >= 15 is 0 Å². The summed E-state index contributed by atoms with van der Waals surface area (Å²) in [5.41, 5.74) is -0.605. The minimum atomic E-state index is -1.17. The zero-order valence-corrected chi connectivity index (χ0v) is 11.0. The van der Waals surface area contributed by atoms with Crippen LogP contribution in [0.1, 0.15) is 33.6 Å². The molecule has 18 heavy (non-hydrogen) atoms. The predicted molar refractivity (Wildman–Crippen MR) is 63.1 cm³/mol. The molecule has 5 nitrogen and oxygen atoms in total. The van der Waals surface area contributed by atoms with Gasteiger partial charge in [-0.3, -0.25) is 4.79 Å². The molecular formula is C12H20FNO4. The number of likely N-dealkylation sites (tertiary alicyclic amines) is 1. The second-order valence-electron chi connectivity index (χ2n) is 5.59. The van der Waals surface area contributed by atoms with Crippen molar-refractivity contribution in [1.82, 2.24) is 4.90 Å². The van der Waals surface area contributed by atoms with E-state index in [1.54, 1.807) is 20.8 Å². The standard InChI is InChI=1S/C12H20FNO4/c1-12(2,3)18-11(17)14-5-4-9(13)8(7-14)6-10(15)16/h8-9H,4-7H2,1-3H3,(H,15,16). The molecule has 0 radical (unpaired) electrons. The van der Waals surface area contributed by atoms with Gasteiger partial charge < -0.3 is 14.7 Å². The van der Waals surface area contributed by atoms with Crippen LogP contribution in [0.5, 0.6) is 0 Å². The van der Waals surface area contributed by atoms with Crippen molar-refractivity contribution in [1.29, 1.82) is 0 Å². The molecule has 0 spiro atoms. The molecule has 6 heteroatoms. The number of nitrogens with zero attached hydrogens (tertiary/aromatic N) is 1. The average Bonchev–Trinajstić information content (AvgIpc) is 2.17. The van der Waals surface area contributed by atoms with E-state index in [2.05, 4.69) is 0 Å². The van der Waals surface area contributed by atoms with E-state index in [1.807, 2.05) is 0 Å². The van der Waals surface area contributed by atoms with Crippen molar-refractivity contribution in [3.63, 3.8) is 0 Å². The molecule has 2 unspecified atom stereocenters. The van der Waals surface area contributed by atoms with Gasteiger partial charge in [-0.05, 0) is 27.2 Å². The monoisotopic (exact) mass is 261 g/mol. The van der Waals surface area contributed by atoms with Crippen LogP contribution in [0.15, 0.2) is 0 Å². The molecule has 0 aromatic carbocycles. The second-order valence-corrected chi connectivity index (χ2v) is 5.59. The number of halogens is 1. The second kappa shape index (κ2) is 5.54. The van der Waals surface area contributed by atoms with Crippen LogP contribution in [0.3, 0.4) is 0 Å². The fourth-order valence-corrected chi connectivity index (χ4v) is 1.91. The van der Waals surface area contributed by atoms with E-state index in [0.29, 0.717) is 0 Å². The average molecular weight is 261 g/mol. The molecule has 0 aliphatic carbocycles. The Kier molecular flexibility index (Phi) is 4.53. The van der Waals surface area contributed by atoms with Gasteiger partial charge in [0.05, 0.1) is 6.42 Å². The molecule has 0 aromatic heterocycles. The van der Waals surface area contributed by atoms with Gasteiger partial charge >= 0.3 is 12.1 Å². The fourth-order valence-electron chi connectivity index (χ4n) is 1.91. The zero-order chi connectivity index (χ0) is 13.9. The van der Waals surface area contributed by atoms with Gasteiger partial charge in [0.25, 0.3) is 0 Å². The maximum atomic E-state index is 13.5. The maximum absolute atomic E-state index is 13.5. The van der Waals surface area contributed by atoms with Crippen LogP contribution in [0, 0.1) is 5.92 Å². The number of carboxylic acids is 1. The first-order valence-electron chi connectivity index (χ1n) is 6.03. The highest BCUT2D eigenvalue weighted by Gasteiger charge is 2.34. The van der Waals surface area contributed by atoms with Crippen molar-refractivity contribution in [2.24, 2.45) is 5.92 Å². The highest BCUT2D eigenvalue weighted by Crippen LogP contribution is 2.24. The molecule has 1 heterocycles. The van der Waals surface area contributed by atoms with E-state index < -0.39 is 29.8 Å². The van der Waals surface area contributed by atoms with E-state index in [4.69, 9.17) is 9.84 Å². The predicted octanol–water partition coefficient (Wildman–Crippen LogP) is 2.06. The van der Waals surface area contributed by atoms with Crippen LogP contribution < -0.4 is 0 Å². The van der Waals surface area contributed by atoms with E-state index in [0.717, 1.165) is 0 Å². The number of carbonyl (C=O) groups is 2. The lowest BCUT2D eigenvalue weighted by Crippen LogP contribution is -2.47. The number of hydrogen-bond donors (Lipinski definition) is 1. The third-order valence-electron chi connectivity index (χ3n) is 2.73. The number of carbonyl (C=O) groups excluding carboxylic acids is 1. The molecule has 0 aromatic rings. The van der Waals surface area contributed by atoms with Crippen molar-refractivity contribution in [3.8, 4) is 0 Å². The van der Waals surface area contributed by atoms with Crippen LogP contribution in [0.25, 0.3) is 0 Å². The first-order valence-corrected chi connectivity index (χ1v) is 6.03. The number of alkyl halides is 1. The van der Waals surface area contributed by atoms with Crippen molar-refractivity contribution in [2.45, 2.75) is 45.4 Å². The molecule has 2 atom stereocenters. The summed E-state index contributed by atoms with van der Waals surface area (Å²) in [5.74, 6) is -1.70. The Morgan fingerprint density at radius 1 is 1.44 bits per heavy atom. The summed E-state index contributed by atoms with van der Waals surface area (Å²) in [6.45, 7) is 5.62. The Morgan fingerprint density at radius 3 is 2.56 bits per heavy atom. The van der Waals surface area contributed by atoms with Crippen LogP contribution in [0.2, 0.25) is 0 Å². The summed E-state index contributed by atoms with van der Waals surface area (Å²) in [4.78, 5) is 23.8. The number of rotatable bonds is 2. The van der Waals surface area contributed by atoms with E-state index in [1.165, 1.54) is 4.90 Å². The van der Waals surface area contributed by atoms with Gasteiger partial charge in [0.2, 0.25) is 0 Å². The Hall–Kier alpha value is -1.33. The topological polar surface area (TPSA) is 66.8 Å². The maximum Gasteiger partial charge on any atom is 0.410 e. The van der Waals surface area contributed by atoms with Gasteiger partial charge in [-0.25, -0.2) is 9.18 Å². The number of piperidine rings is 1. The lowest BCUT2D eigenvalue weighted by Gasteiger charge is -2.35. The minimum absolute atomic E-state index is 0.0996. The normalized spacial score (nSPS) is 24.8. The number of ether oxygens (including phenoxy) is 1. The van der Waals surface area contributed by atoms with Crippen LogP contribution >= 0.6 is 0 Å². The Bertz CT molecular complexity index is 327. The molecule has 0 bridgehead atoms. The lowest BCUT2D eigenvalue weighted by molar-refractivity contribution is -0.139. The molecule has 1 rings (SSSR count). The third-order valence-corrected chi connectivity index (χ3v) is 2.73. The SMILES string of the molecule is CC(C)(C)OC(=O)N1CCC(F)C(CC(=O)O)C1. The fraction of sp³-hybridized carbons (Fsp3) is 0.833. The summed E-state index contributed by atoms with van der Waals surface area (Å²) in [6.07, 6.45) is -1.78. The Labute approximate surface area is 106 Å². The molecule has 1 amide bonds. The van der Waals surface area contributed by atoms with Gasteiger partial charge in [0, 0.05) is 19.0 Å². The Morgan fingerprint density at radius 2 is 2.06 bits per heavy atom. The van der Waals surface area contributed by atoms with Gasteiger partial charge in [-0.1, -0.05) is 0 Å². The molecule has 0 saturated carbocycles. The molecule has 1 fully saturated rings. The largest absolute Gasteiger partial charge is 0.481 e. The van der Waals surface area contributed by atoms with E-state index in [-0.39, 0.29) is 25.9 Å². The molecule has 1 N–H and O–H groups in total. The first-order chi connectivity index (χ1) is 8.19. The number of amides is 1. The first kappa shape index (κ1) is 14.7. The van der Waals surface area contributed by atoms with Crippen LogP contribution in [-0.2, 0) is 9.53 Å². The van der Waals surface area contributed by atoms with Crippen molar-refractivity contribution in [2.75, 3.05) is 13.1 Å². The smallest absolute Gasteiger partial charge is 0.410 e. The zero-order valence-electron chi connectivity index (χ0n) is 11.0. The van der Waals surface area contributed by atoms with Crippen LogP contribution in [-0.4, -0.2) is 46.9 Å². The molecule has 104 valence electrons. The summed E-state index contributed by atoms with van der Waals surface area (Å²) >= 11 is 0. The Balaban J connectivity index is 2.58. The van der Waals surface area contributed by atoms with Crippen LogP contribution in [0.4, 0.5) is 9.18 Å². The summed E-state index contributed by atoms with van der Waals surface area (Å²) in [6, 6.07) is 0. The van der Waals surface area contributed by atoms with Crippen molar-refractivity contribution >= 4 is 12.1 Å². The third kappa shape index (κ3) is 4.50. The molecule has 1 aliphatic heterocycles. The number of carboxylic acid groups (broad SMARTS) is 1. The molecular weight excluding hydrogens is 241 g/mol. The quantitative estimate of drug-likeness (QED) is 0.826. The number of hydrogen-bond acceptors (Lipinski definition) is 3. The minimum Gasteiger partial charge on any atom is -0.481 e. The van der Waals surface area contributed by atoms with Gasteiger partial charge in [-0.15, -0.1) is 0 Å². The van der Waals surface area contributed by atoms with Gasteiger partial charge in [0.15, 0.2) is 0 Å². The van der Waals surface area contributed by atoms with Gasteiger partial charge in [0.1, 0.15) is 11.8 Å². The molecule has 1 aliphatic rings. The van der Waals surface area contributed by atoms with Crippen molar-refractivity contribution in [3.05, 3.63) is 0 Å². The summed E-state index contributed by atoms with van der Waals surface area (Å²) < 4.78 is 18.7. The van der Waals surface area contributed by atoms with Gasteiger partial charge in [-0.2, -0.15) is 0 Å². The van der Waals surface area contributed by atoms with Crippen molar-refractivity contribution < 1.29 is 23.8 Å². The lowest BCUT2D eigenvalue weighted by atomic mass is 9.93. The summed E-state index contributed by atoms with van der Waals surface area (Å²) in [5, 5.41) is 8.69. The highest BCUT2D eigenvalue weighted by molar-refractivity contribution is 5.69.